The molecule has 2 unspecified atom stereocenters. The van der Waals surface area contributed by atoms with Crippen molar-refractivity contribution in [2.45, 2.75) is 124 Å². The largest absolute Gasteiger partial charge is 0.533 e. The molecule has 0 amide bonds. The lowest BCUT2D eigenvalue weighted by molar-refractivity contribution is -0.177. The zero-order valence-electron chi connectivity index (χ0n) is 25.3. The highest BCUT2D eigenvalue weighted by atomic mass is 31.2. The Morgan fingerprint density at radius 3 is 1.62 bits per heavy atom. The monoisotopic (exact) mass is 594 g/mol. The molecule has 12 heteroatoms. The highest BCUT2D eigenvalue weighted by molar-refractivity contribution is 7.49. The van der Waals surface area contributed by atoms with Gasteiger partial charge in [-0.25, -0.2) is 9.36 Å². The van der Waals surface area contributed by atoms with Crippen molar-refractivity contribution in [1.82, 2.24) is 0 Å². The van der Waals surface area contributed by atoms with Crippen LogP contribution in [0.5, 0.6) is 0 Å². The van der Waals surface area contributed by atoms with Gasteiger partial charge in [-0.3, -0.25) is 23.4 Å². The summed E-state index contributed by atoms with van der Waals surface area (Å²) >= 11 is 0. The topological polar surface area (TPSA) is 141 Å². The van der Waals surface area contributed by atoms with E-state index in [9.17, 15) is 23.7 Å². The number of unbranched alkanes of at least 4 members (excludes halogenated alkanes) is 4. The second-order valence-corrected chi connectivity index (χ2v) is 11.3. The van der Waals surface area contributed by atoms with Crippen molar-refractivity contribution in [2.24, 2.45) is 5.92 Å². The van der Waals surface area contributed by atoms with Crippen LogP contribution in [0, 0.1) is 5.92 Å². The van der Waals surface area contributed by atoms with Crippen LogP contribution >= 0.6 is 7.82 Å². The molecule has 0 aliphatic carbocycles. The van der Waals surface area contributed by atoms with E-state index in [2.05, 4.69) is 0 Å². The second kappa shape index (κ2) is 21.7. The first-order valence-corrected chi connectivity index (χ1v) is 16.1. The van der Waals surface area contributed by atoms with Crippen LogP contribution in [-0.2, 0) is 51.5 Å². The summed E-state index contributed by atoms with van der Waals surface area (Å²) in [6.07, 6.45) is 5.51. The molecule has 0 aromatic rings. The number of carbonyl (C=O) groups excluding carboxylic acids is 4. The molecular weight excluding hydrogens is 543 g/mol. The van der Waals surface area contributed by atoms with Gasteiger partial charge in [-0.1, -0.05) is 73.1 Å². The van der Waals surface area contributed by atoms with Gasteiger partial charge in [0.1, 0.15) is 0 Å². The van der Waals surface area contributed by atoms with Gasteiger partial charge in [0.25, 0.3) is 0 Å². The summed E-state index contributed by atoms with van der Waals surface area (Å²) in [6.45, 7) is 10.7. The predicted octanol–water partition coefficient (Wildman–Crippen LogP) is 6.46. The molecule has 0 spiro atoms. The van der Waals surface area contributed by atoms with Crippen molar-refractivity contribution in [1.29, 1.82) is 0 Å². The summed E-state index contributed by atoms with van der Waals surface area (Å²) < 4.78 is 45.9. The molecule has 0 radical (unpaired) electrons. The Morgan fingerprint density at radius 1 is 0.725 bits per heavy atom. The predicted molar refractivity (Wildman–Crippen MR) is 149 cm³/mol. The molecule has 234 valence electrons. The third-order valence-electron chi connectivity index (χ3n) is 6.02. The van der Waals surface area contributed by atoms with Crippen molar-refractivity contribution < 1.29 is 51.5 Å². The van der Waals surface area contributed by atoms with E-state index in [1.807, 2.05) is 34.6 Å². The van der Waals surface area contributed by atoms with Crippen LogP contribution in [0.1, 0.15) is 119 Å². The van der Waals surface area contributed by atoms with Gasteiger partial charge in [0.2, 0.25) is 0 Å². The molecule has 0 heterocycles. The van der Waals surface area contributed by atoms with Crippen molar-refractivity contribution in [3.63, 3.8) is 0 Å². The molecule has 2 atom stereocenters. The lowest BCUT2D eigenvalue weighted by atomic mass is 9.95. The van der Waals surface area contributed by atoms with Gasteiger partial charge in [-0.15, -0.1) is 0 Å². The number of phosphoric ester groups is 1. The average molecular weight is 595 g/mol. The molecule has 11 nitrogen and oxygen atoms in total. The molecule has 0 bridgehead atoms. The smallest absolute Gasteiger partial charge is 0.466 e. The normalized spacial score (nSPS) is 13.7. The van der Waals surface area contributed by atoms with Gasteiger partial charge in [-0.05, 0) is 31.6 Å². The fraction of sp³-hybridized carbons (Fsp3) is 0.857. The maximum atomic E-state index is 13.9. The number of hydrogen-bond donors (Lipinski definition) is 0. The molecule has 0 saturated heterocycles. The summed E-state index contributed by atoms with van der Waals surface area (Å²) in [5.74, 6) is -3.92. The first-order valence-electron chi connectivity index (χ1n) is 14.6. The first-order chi connectivity index (χ1) is 19.0. The van der Waals surface area contributed by atoms with E-state index in [-0.39, 0.29) is 32.3 Å². The van der Waals surface area contributed by atoms with Crippen molar-refractivity contribution in [3.05, 3.63) is 0 Å². The van der Waals surface area contributed by atoms with Gasteiger partial charge in [0, 0.05) is 6.92 Å². The molecule has 0 aliphatic rings. The zero-order chi connectivity index (χ0) is 30.4. The molecular formula is C28H51O11P. The summed E-state index contributed by atoms with van der Waals surface area (Å²) in [6, 6.07) is 0. The Labute approximate surface area is 239 Å². The summed E-state index contributed by atoms with van der Waals surface area (Å²) in [4.78, 5) is 51.1. The minimum absolute atomic E-state index is 0.0312. The quantitative estimate of drug-likeness (QED) is 0.0526. The molecule has 0 aromatic carbocycles. The minimum atomic E-state index is -4.83. The Kier molecular flexibility index (Phi) is 20.7. The van der Waals surface area contributed by atoms with Gasteiger partial charge in [0.15, 0.2) is 5.60 Å². The highest BCUT2D eigenvalue weighted by Gasteiger charge is 2.53. The van der Waals surface area contributed by atoms with E-state index in [4.69, 9.17) is 27.8 Å². The fourth-order valence-electron chi connectivity index (χ4n) is 3.52. The molecule has 0 fully saturated rings. The van der Waals surface area contributed by atoms with E-state index in [0.29, 0.717) is 32.1 Å². The summed E-state index contributed by atoms with van der Waals surface area (Å²) in [5.41, 5.74) is -2.48. The zero-order valence-corrected chi connectivity index (χ0v) is 26.2. The first kappa shape index (κ1) is 38.0. The molecule has 40 heavy (non-hydrogen) atoms. The Bertz CT molecular complexity index is 775. The van der Waals surface area contributed by atoms with Crippen LogP contribution in [0.4, 0.5) is 0 Å². The number of phosphoric acid groups is 1. The lowest BCUT2D eigenvalue weighted by Gasteiger charge is -2.32. The van der Waals surface area contributed by atoms with Crippen LogP contribution in [-0.4, -0.2) is 55.9 Å². The van der Waals surface area contributed by atoms with E-state index in [1.165, 1.54) is 0 Å². The summed E-state index contributed by atoms with van der Waals surface area (Å²) in [7, 11) is -4.83. The molecule has 0 rings (SSSR count). The minimum Gasteiger partial charge on any atom is -0.466 e. The van der Waals surface area contributed by atoms with Gasteiger partial charge in [-0.2, -0.15) is 0 Å². The van der Waals surface area contributed by atoms with Crippen LogP contribution in [0.15, 0.2) is 0 Å². The highest BCUT2D eigenvalue weighted by Crippen LogP contribution is 2.55. The number of esters is 3. The standard InChI is InChI=1S/C28H51O11P/c1-7-12-16-24(11-5)22-37-40(33,38-23(6)29)39-28(27(32)36-19-15-10-4,20-25(30)34-17-13-8-2)21-26(31)35-18-14-9-3/h24H,7-22H2,1-6H3. The van der Waals surface area contributed by atoms with E-state index in [1.54, 1.807) is 0 Å². The van der Waals surface area contributed by atoms with Crippen molar-refractivity contribution >= 4 is 31.7 Å². The molecule has 0 aromatic heterocycles. The Balaban J connectivity index is 6.43. The van der Waals surface area contributed by atoms with Gasteiger partial charge >= 0.3 is 31.7 Å². The SMILES string of the molecule is CCCCOC(=O)CC(CC(=O)OCCCC)(OP(=O)(OCC(CC)CCCC)OC(C)=O)C(=O)OCCCC. The lowest BCUT2D eigenvalue weighted by Crippen LogP contribution is -2.47. The Morgan fingerprint density at radius 2 is 1.20 bits per heavy atom. The van der Waals surface area contributed by atoms with Gasteiger partial charge in [0.05, 0.1) is 39.3 Å². The average Bonchev–Trinajstić information content (AvgIpc) is 2.88. The van der Waals surface area contributed by atoms with Crippen LogP contribution in [0.2, 0.25) is 0 Å². The third-order valence-corrected chi connectivity index (χ3v) is 7.54. The van der Waals surface area contributed by atoms with Crippen molar-refractivity contribution in [2.75, 3.05) is 26.4 Å². The van der Waals surface area contributed by atoms with Crippen molar-refractivity contribution in [3.8, 4) is 0 Å². The van der Waals surface area contributed by atoms with E-state index < -0.39 is 50.1 Å². The second-order valence-electron chi connectivity index (χ2n) is 9.82. The van der Waals surface area contributed by atoms with E-state index in [0.717, 1.165) is 39.0 Å². The fourth-order valence-corrected chi connectivity index (χ4v) is 5.00. The number of ether oxygens (including phenoxy) is 3. The summed E-state index contributed by atoms with van der Waals surface area (Å²) in [5, 5.41) is 0. The number of rotatable bonds is 24. The van der Waals surface area contributed by atoms with Crippen LogP contribution in [0.3, 0.4) is 0 Å². The maximum absolute atomic E-state index is 13.9. The van der Waals surface area contributed by atoms with Crippen LogP contribution in [0.25, 0.3) is 0 Å². The molecule has 0 aliphatic heterocycles. The van der Waals surface area contributed by atoms with Gasteiger partial charge < -0.3 is 18.7 Å². The van der Waals surface area contributed by atoms with E-state index >= 15 is 0 Å². The number of hydrogen-bond acceptors (Lipinski definition) is 11. The molecule has 0 saturated carbocycles. The number of carbonyl (C=O) groups is 4. The molecule has 0 N–H and O–H groups in total. The maximum Gasteiger partial charge on any atom is 0.533 e. The Hall–Kier alpha value is -1.97. The third kappa shape index (κ3) is 16.3. The van der Waals surface area contributed by atoms with Crippen LogP contribution < -0.4 is 0 Å².